The second-order valence-electron chi connectivity index (χ2n) is 4.31. The van der Waals surface area contributed by atoms with Gasteiger partial charge in [0.05, 0.1) is 6.04 Å². The Morgan fingerprint density at radius 1 is 1.50 bits per heavy atom. The monoisotopic (exact) mass is 214 g/mol. The van der Waals surface area contributed by atoms with Crippen molar-refractivity contribution in [1.82, 2.24) is 5.32 Å². The summed E-state index contributed by atoms with van der Waals surface area (Å²) in [5.74, 6) is 1.88. The predicted octanol–water partition coefficient (Wildman–Crippen LogP) is 2.89. The van der Waals surface area contributed by atoms with E-state index in [9.17, 15) is 0 Å². The number of nitrogens with one attached hydrogen (secondary N) is 1. The van der Waals surface area contributed by atoms with E-state index in [4.69, 9.17) is 4.99 Å². The third-order valence-electron chi connectivity index (χ3n) is 2.81. The van der Waals surface area contributed by atoms with Gasteiger partial charge in [0.2, 0.25) is 0 Å². The Bertz CT molecular complexity index is 201. The molecule has 3 heteroatoms. The van der Waals surface area contributed by atoms with Crippen molar-refractivity contribution >= 4 is 16.9 Å². The molecule has 1 heterocycles. The summed E-state index contributed by atoms with van der Waals surface area (Å²) in [4.78, 5) is 4.69. The van der Waals surface area contributed by atoms with Gasteiger partial charge in [-0.2, -0.15) is 0 Å². The zero-order valence-electron chi connectivity index (χ0n) is 9.71. The van der Waals surface area contributed by atoms with Gasteiger partial charge in [-0.25, -0.2) is 0 Å². The molecule has 1 aliphatic heterocycles. The maximum Gasteiger partial charge on any atom is 0.157 e. The summed E-state index contributed by atoms with van der Waals surface area (Å²) in [5.41, 5.74) is 0. The van der Waals surface area contributed by atoms with Crippen molar-refractivity contribution in [3.63, 3.8) is 0 Å². The molecule has 1 N–H and O–H groups in total. The van der Waals surface area contributed by atoms with Crippen LogP contribution in [-0.4, -0.2) is 23.0 Å². The standard InChI is InChI=1S/C11H22N2S/c1-5-10-6-7-14-11(13-10)12-9(4)8(2)3/h8-10H,5-7H2,1-4H3,(H,12,13). The number of amidine groups is 1. The quantitative estimate of drug-likeness (QED) is 0.781. The van der Waals surface area contributed by atoms with Crippen LogP contribution in [-0.2, 0) is 0 Å². The van der Waals surface area contributed by atoms with Crippen LogP contribution in [0.1, 0.15) is 40.5 Å². The lowest BCUT2D eigenvalue weighted by Crippen LogP contribution is -2.36. The first kappa shape index (κ1) is 11.9. The van der Waals surface area contributed by atoms with E-state index in [2.05, 4.69) is 33.0 Å². The summed E-state index contributed by atoms with van der Waals surface area (Å²) in [5, 5.41) is 4.65. The van der Waals surface area contributed by atoms with Crippen molar-refractivity contribution in [3.8, 4) is 0 Å². The first-order valence-corrected chi connectivity index (χ1v) is 6.59. The SMILES string of the molecule is CCC1CCSC(NC(C)C(C)C)=N1. The molecule has 0 aromatic rings. The highest BCUT2D eigenvalue weighted by molar-refractivity contribution is 8.13. The Labute approximate surface area is 92.0 Å². The van der Waals surface area contributed by atoms with Crippen molar-refractivity contribution in [2.24, 2.45) is 10.9 Å². The molecule has 0 aliphatic carbocycles. The van der Waals surface area contributed by atoms with Gasteiger partial charge >= 0.3 is 0 Å². The van der Waals surface area contributed by atoms with Crippen molar-refractivity contribution in [2.45, 2.75) is 52.6 Å². The van der Waals surface area contributed by atoms with Gasteiger partial charge in [0.15, 0.2) is 5.17 Å². The largest absolute Gasteiger partial charge is 0.362 e. The average Bonchev–Trinajstić information content (AvgIpc) is 2.18. The van der Waals surface area contributed by atoms with Gasteiger partial charge in [0.25, 0.3) is 0 Å². The summed E-state index contributed by atoms with van der Waals surface area (Å²) in [6.07, 6.45) is 2.41. The van der Waals surface area contributed by atoms with Crippen LogP contribution in [0, 0.1) is 5.92 Å². The van der Waals surface area contributed by atoms with Crippen LogP contribution in [0.2, 0.25) is 0 Å². The number of rotatable bonds is 3. The molecule has 0 aromatic heterocycles. The van der Waals surface area contributed by atoms with E-state index in [1.807, 2.05) is 11.8 Å². The highest BCUT2D eigenvalue weighted by Crippen LogP contribution is 2.19. The Hall–Kier alpha value is -0.180. The van der Waals surface area contributed by atoms with Crippen molar-refractivity contribution in [1.29, 1.82) is 0 Å². The molecule has 2 atom stereocenters. The first-order valence-electron chi connectivity index (χ1n) is 5.60. The Morgan fingerprint density at radius 3 is 2.79 bits per heavy atom. The van der Waals surface area contributed by atoms with Gasteiger partial charge in [-0.05, 0) is 25.7 Å². The normalized spacial score (nSPS) is 24.6. The molecule has 0 saturated heterocycles. The third kappa shape index (κ3) is 3.52. The number of hydrogen-bond donors (Lipinski definition) is 1. The molecular formula is C11H22N2S. The summed E-state index contributed by atoms with van der Waals surface area (Å²) in [6, 6.07) is 1.08. The van der Waals surface area contributed by atoms with Crippen LogP contribution in [0.15, 0.2) is 4.99 Å². The van der Waals surface area contributed by atoms with E-state index in [0.29, 0.717) is 18.0 Å². The first-order chi connectivity index (χ1) is 6.63. The highest BCUT2D eigenvalue weighted by Gasteiger charge is 2.16. The summed E-state index contributed by atoms with van der Waals surface area (Å²) in [6.45, 7) is 8.92. The maximum atomic E-state index is 4.69. The van der Waals surface area contributed by atoms with E-state index in [1.54, 1.807) is 0 Å². The highest BCUT2D eigenvalue weighted by atomic mass is 32.2. The Balaban J connectivity index is 2.47. The number of hydrogen-bond acceptors (Lipinski definition) is 3. The molecule has 0 radical (unpaired) electrons. The van der Waals surface area contributed by atoms with Crippen LogP contribution in [0.25, 0.3) is 0 Å². The fraction of sp³-hybridized carbons (Fsp3) is 0.909. The maximum absolute atomic E-state index is 4.69. The molecule has 0 amide bonds. The summed E-state index contributed by atoms with van der Waals surface area (Å²) < 4.78 is 0. The zero-order valence-corrected chi connectivity index (χ0v) is 10.5. The lowest BCUT2D eigenvalue weighted by molar-refractivity contribution is 0.486. The van der Waals surface area contributed by atoms with Gasteiger partial charge in [-0.15, -0.1) is 0 Å². The van der Waals surface area contributed by atoms with E-state index in [0.717, 1.165) is 5.17 Å². The van der Waals surface area contributed by atoms with Gasteiger partial charge < -0.3 is 5.32 Å². The molecule has 0 fully saturated rings. The molecule has 0 aromatic carbocycles. The molecule has 0 saturated carbocycles. The molecular weight excluding hydrogens is 192 g/mol. The summed E-state index contributed by atoms with van der Waals surface area (Å²) in [7, 11) is 0. The van der Waals surface area contributed by atoms with Crippen LogP contribution >= 0.6 is 11.8 Å². The molecule has 82 valence electrons. The topological polar surface area (TPSA) is 24.4 Å². The Kier molecular flexibility index (Phi) is 4.79. The summed E-state index contributed by atoms with van der Waals surface area (Å²) >= 11 is 1.87. The molecule has 2 unspecified atom stereocenters. The fourth-order valence-electron chi connectivity index (χ4n) is 1.30. The van der Waals surface area contributed by atoms with Crippen molar-refractivity contribution in [2.75, 3.05) is 5.75 Å². The van der Waals surface area contributed by atoms with E-state index in [-0.39, 0.29) is 0 Å². The van der Waals surface area contributed by atoms with Gasteiger partial charge in [0, 0.05) is 11.8 Å². The number of aliphatic imine (C=N–C) groups is 1. The lowest BCUT2D eigenvalue weighted by Gasteiger charge is -2.24. The van der Waals surface area contributed by atoms with Crippen molar-refractivity contribution < 1.29 is 0 Å². The second-order valence-corrected chi connectivity index (χ2v) is 5.39. The van der Waals surface area contributed by atoms with Gasteiger partial charge in [-0.1, -0.05) is 32.5 Å². The van der Waals surface area contributed by atoms with Crippen LogP contribution < -0.4 is 5.32 Å². The minimum absolute atomic E-state index is 0.525. The van der Waals surface area contributed by atoms with Gasteiger partial charge in [0.1, 0.15) is 0 Å². The predicted molar refractivity (Wildman–Crippen MR) is 66.0 cm³/mol. The lowest BCUT2D eigenvalue weighted by atomic mass is 10.1. The Morgan fingerprint density at radius 2 is 2.21 bits per heavy atom. The van der Waals surface area contributed by atoms with E-state index in [1.165, 1.54) is 18.6 Å². The number of thioether (sulfide) groups is 1. The third-order valence-corrected chi connectivity index (χ3v) is 3.75. The van der Waals surface area contributed by atoms with Crippen LogP contribution in [0.4, 0.5) is 0 Å². The minimum atomic E-state index is 0.525. The fourth-order valence-corrected chi connectivity index (χ4v) is 2.37. The molecule has 14 heavy (non-hydrogen) atoms. The van der Waals surface area contributed by atoms with Crippen molar-refractivity contribution in [3.05, 3.63) is 0 Å². The smallest absolute Gasteiger partial charge is 0.157 e. The zero-order chi connectivity index (χ0) is 10.6. The molecule has 0 spiro atoms. The minimum Gasteiger partial charge on any atom is -0.362 e. The number of nitrogens with zero attached hydrogens (tertiary/aromatic N) is 1. The van der Waals surface area contributed by atoms with E-state index < -0.39 is 0 Å². The van der Waals surface area contributed by atoms with Crippen LogP contribution in [0.3, 0.4) is 0 Å². The van der Waals surface area contributed by atoms with Crippen LogP contribution in [0.5, 0.6) is 0 Å². The van der Waals surface area contributed by atoms with E-state index >= 15 is 0 Å². The molecule has 0 bridgehead atoms. The average molecular weight is 214 g/mol. The molecule has 2 nitrogen and oxygen atoms in total. The molecule has 1 aliphatic rings. The molecule has 1 rings (SSSR count). The second kappa shape index (κ2) is 5.64. The van der Waals surface area contributed by atoms with Gasteiger partial charge in [-0.3, -0.25) is 4.99 Å².